The predicted octanol–water partition coefficient (Wildman–Crippen LogP) is 1.19. The van der Waals surface area contributed by atoms with Crippen LogP contribution in [0.5, 0.6) is 5.75 Å². The number of imide groups is 1. The van der Waals surface area contributed by atoms with Gasteiger partial charge in [0.2, 0.25) is 10.0 Å². The minimum absolute atomic E-state index is 0.0982. The molecule has 0 atom stereocenters. The number of sulfonamides is 1. The number of carbonyl (C=O) groups is 3. The molecule has 11 heteroatoms. The van der Waals surface area contributed by atoms with Crippen molar-refractivity contribution in [2.75, 3.05) is 20.8 Å². The second-order valence-corrected chi connectivity index (χ2v) is 8.13. The molecule has 0 unspecified atom stereocenters. The first kappa shape index (κ1) is 24.6. The van der Waals surface area contributed by atoms with E-state index in [0.717, 1.165) is 11.6 Å². The van der Waals surface area contributed by atoms with E-state index in [2.05, 4.69) is 10.0 Å². The highest BCUT2D eigenvalue weighted by Gasteiger charge is 2.17. The average Bonchev–Trinajstić information content (AvgIpc) is 2.80. The Morgan fingerprint density at radius 3 is 2.44 bits per heavy atom. The summed E-state index contributed by atoms with van der Waals surface area (Å²) in [6.45, 7) is -0.431. The normalized spacial score (nSPS) is 11.1. The van der Waals surface area contributed by atoms with Gasteiger partial charge in [0.15, 0.2) is 6.61 Å². The quantitative estimate of drug-likeness (QED) is 0.376. The molecule has 32 heavy (non-hydrogen) atoms. The third-order valence-corrected chi connectivity index (χ3v) is 5.49. The molecule has 0 heterocycles. The van der Waals surface area contributed by atoms with Gasteiger partial charge in [0.1, 0.15) is 10.6 Å². The number of amides is 3. The number of hydrogen-bond donors (Lipinski definition) is 3. The largest absolute Gasteiger partial charge is 0.495 e. The van der Waals surface area contributed by atoms with Crippen molar-refractivity contribution < 1.29 is 32.3 Å². The molecule has 0 aliphatic heterocycles. The van der Waals surface area contributed by atoms with E-state index in [4.69, 9.17) is 9.47 Å². The molecule has 170 valence electrons. The molecule has 0 aliphatic carbocycles. The number of hydrogen-bond acceptors (Lipinski definition) is 7. The summed E-state index contributed by atoms with van der Waals surface area (Å²) in [5.74, 6) is -1.51. The maximum absolute atomic E-state index is 12.1. The van der Waals surface area contributed by atoms with E-state index in [1.165, 1.54) is 32.4 Å². The van der Waals surface area contributed by atoms with Gasteiger partial charge in [-0.1, -0.05) is 36.4 Å². The van der Waals surface area contributed by atoms with E-state index in [1.54, 1.807) is 6.07 Å². The van der Waals surface area contributed by atoms with E-state index in [-0.39, 0.29) is 17.2 Å². The first-order valence-corrected chi connectivity index (χ1v) is 10.8. The number of urea groups is 1. The minimum atomic E-state index is -3.77. The Bertz CT molecular complexity index is 1100. The summed E-state index contributed by atoms with van der Waals surface area (Å²) in [5.41, 5.74) is 1.25. The zero-order valence-electron chi connectivity index (χ0n) is 17.5. The molecule has 3 N–H and O–H groups in total. The molecular weight excluding hydrogens is 438 g/mol. The van der Waals surface area contributed by atoms with Crippen LogP contribution in [-0.4, -0.2) is 47.1 Å². The Morgan fingerprint density at radius 2 is 1.78 bits per heavy atom. The number of ether oxygens (including phenoxy) is 2. The Labute approximate surface area is 185 Å². The number of carbonyl (C=O) groups excluding carboxylic acids is 3. The highest BCUT2D eigenvalue weighted by Crippen LogP contribution is 2.25. The van der Waals surface area contributed by atoms with E-state index < -0.39 is 34.5 Å². The van der Waals surface area contributed by atoms with Gasteiger partial charge in [0, 0.05) is 12.6 Å². The molecule has 0 aliphatic rings. The molecule has 0 fully saturated rings. The molecule has 0 aromatic heterocycles. The summed E-state index contributed by atoms with van der Waals surface area (Å²) in [6, 6.07) is 12.7. The molecule has 0 saturated carbocycles. The lowest BCUT2D eigenvalue weighted by atomic mass is 10.2. The maximum atomic E-state index is 12.1. The Kier molecular flexibility index (Phi) is 8.93. The topological polar surface area (TPSA) is 140 Å². The fourth-order valence-corrected chi connectivity index (χ4v) is 3.38. The lowest BCUT2D eigenvalue weighted by Crippen LogP contribution is -2.41. The van der Waals surface area contributed by atoms with Gasteiger partial charge in [-0.25, -0.2) is 22.7 Å². The van der Waals surface area contributed by atoms with Crippen LogP contribution in [0.1, 0.15) is 11.1 Å². The van der Waals surface area contributed by atoms with Crippen LogP contribution in [0, 0.1) is 0 Å². The zero-order valence-corrected chi connectivity index (χ0v) is 18.3. The average molecular weight is 461 g/mol. The summed E-state index contributed by atoms with van der Waals surface area (Å²) in [5, 5.41) is 4.55. The van der Waals surface area contributed by atoms with Crippen molar-refractivity contribution in [3.63, 3.8) is 0 Å². The first-order chi connectivity index (χ1) is 15.2. The highest BCUT2D eigenvalue weighted by atomic mass is 32.2. The number of rotatable bonds is 9. The fourth-order valence-electron chi connectivity index (χ4n) is 2.45. The van der Waals surface area contributed by atoms with Gasteiger partial charge in [-0.15, -0.1) is 0 Å². The van der Waals surface area contributed by atoms with E-state index in [9.17, 15) is 22.8 Å². The molecule has 0 saturated heterocycles. The molecule has 2 aromatic carbocycles. The number of methoxy groups -OCH3 is 1. The smallest absolute Gasteiger partial charge is 0.331 e. The molecular formula is C21H23N3O7S. The number of nitrogens with one attached hydrogen (secondary N) is 3. The van der Waals surface area contributed by atoms with Crippen LogP contribution in [0.25, 0.3) is 6.08 Å². The van der Waals surface area contributed by atoms with E-state index >= 15 is 0 Å². The van der Waals surface area contributed by atoms with Gasteiger partial charge in [0.05, 0.1) is 7.11 Å². The van der Waals surface area contributed by atoms with Crippen molar-refractivity contribution in [3.05, 3.63) is 65.7 Å². The summed E-state index contributed by atoms with van der Waals surface area (Å²) < 4.78 is 36.2. The highest BCUT2D eigenvalue weighted by molar-refractivity contribution is 7.89. The first-order valence-electron chi connectivity index (χ1n) is 9.33. The lowest BCUT2D eigenvalue weighted by Gasteiger charge is -2.09. The monoisotopic (exact) mass is 461 g/mol. The molecule has 2 rings (SSSR count). The van der Waals surface area contributed by atoms with Gasteiger partial charge in [-0.05, 0) is 36.4 Å². The standard InChI is InChI=1S/C21H23N3O7S/c1-22-32(28,29)18-12-15(8-10-17(18)30-2)9-11-20(26)31-14-19(25)24-21(27)23-13-16-6-4-3-5-7-16/h3-12,22H,13-14H2,1-2H3,(H2,23,24,25,27)/b11-9+. The van der Waals surface area contributed by atoms with Crippen LogP contribution in [0.3, 0.4) is 0 Å². The van der Waals surface area contributed by atoms with Crippen LogP contribution < -0.4 is 20.1 Å². The van der Waals surface area contributed by atoms with Crippen LogP contribution in [0.4, 0.5) is 4.79 Å². The molecule has 0 spiro atoms. The number of esters is 1. The van der Waals surface area contributed by atoms with Crippen molar-refractivity contribution in [1.29, 1.82) is 0 Å². The van der Waals surface area contributed by atoms with E-state index in [0.29, 0.717) is 5.56 Å². The lowest BCUT2D eigenvalue weighted by molar-refractivity contribution is -0.143. The Morgan fingerprint density at radius 1 is 1.06 bits per heavy atom. The third-order valence-electron chi connectivity index (χ3n) is 4.05. The zero-order chi connectivity index (χ0) is 23.6. The minimum Gasteiger partial charge on any atom is -0.495 e. The SMILES string of the molecule is CNS(=O)(=O)c1cc(/C=C/C(=O)OCC(=O)NC(=O)NCc2ccccc2)ccc1OC. The molecule has 0 bridgehead atoms. The van der Waals surface area contributed by atoms with E-state index in [1.807, 2.05) is 35.6 Å². The predicted molar refractivity (Wildman–Crippen MR) is 116 cm³/mol. The van der Waals surface area contributed by atoms with Crippen molar-refractivity contribution in [2.45, 2.75) is 11.4 Å². The van der Waals surface area contributed by atoms with Crippen molar-refractivity contribution >= 4 is 34.0 Å². The number of benzene rings is 2. The van der Waals surface area contributed by atoms with Crippen molar-refractivity contribution in [3.8, 4) is 5.75 Å². The van der Waals surface area contributed by atoms with Gasteiger partial charge in [-0.2, -0.15) is 0 Å². The summed E-state index contributed by atoms with van der Waals surface area (Å²) in [4.78, 5) is 35.2. The van der Waals surface area contributed by atoms with Gasteiger partial charge >= 0.3 is 12.0 Å². The van der Waals surface area contributed by atoms with Crippen LogP contribution in [0.15, 0.2) is 59.5 Å². The van der Waals surface area contributed by atoms with Gasteiger partial charge in [0.25, 0.3) is 5.91 Å². The molecule has 3 amide bonds. The fraction of sp³-hybridized carbons (Fsp3) is 0.190. The van der Waals surface area contributed by atoms with Crippen molar-refractivity contribution in [2.24, 2.45) is 0 Å². The van der Waals surface area contributed by atoms with Gasteiger partial charge < -0.3 is 14.8 Å². The Hall–Kier alpha value is -3.70. The summed E-state index contributed by atoms with van der Waals surface area (Å²) in [6.07, 6.45) is 2.35. The second-order valence-electron chi connectivity index (χ2n) is 6.28. The van der Waals surface area contributed by atoms with Crippen LogP contribution >= 0.6 is 0 Å². The third kappa shape index (κ3) is 7.52. The summed E-state index contributed by atoms with van der Waals surface area (Å²) in [7, 11) is -1.17. The Balaban J connectivity index is 1.85. The summed E-state index contributed by atoms with van der Waals surface area (Å²) >= 11 is 0. The molecule has 10 nitrogen and oxygen atoms in total. The molecule has 2 aromatic rings. The van der Waals surface area contributed by atoms with Gasteiger partial charge in [-0.3, -0.25) is 10.1 Å². The van der Waals surface area contributed by atoms with Crippen molar-refractivity contribution in [1.82, 2.24) is 15.4 Å². The maximum Gasteiger partial charge on any atom is 0.331 e. The van der Waals surface area contributed by atoms with Crippen LogP contribution in [-0.2, 0) is 30.9 Å². The second kappa shape index (κ2) is 11.6. The molecule has 0 radical (unpaired) electrons. The van der Waals surface area contributed by atoms with Crippen LogP contribution in [0.2, 0.25) is 0 Å².